The molecule has 3 aromatic heterocycles. The van der Waals surface area contributed by atoms with Gasteiger partial charge in [-0.1, -0.05) is 30.3 Å². The molecule has 0 saturated carbocycles. The molecule has 37 heavy (non-hydrogen) atoms. The summed E-state index contributed by atoms with van der Waals surface area (Å²) in [5, 5.41) is 0. The molecule has 1 aliphatic rings. The summed E-state index contributed by atoms with van der Waals surface area (Å²) in [6.45, 7) is 1.94. The Labute approximate surface area is 214 Å². The van der Waals surface area contributed by atoms with Crippen molar-refractivity contribution >= 4 is 23.8 Å². The lowest BCUT2D eigenvalue weighted by Crippen LogP contribution is -2.27. The minimum absolute atomic E-state index is 0.357. The zero-order valence-electron chi connectivity index (χ0n) is 20.5. The maximum Gasteiger partial charge on any atom is 0.169 e. The van der Waals surface area contributed by atoms with E-state index in [-0.39, 0.29) is 5.82 Å². The highest BCUT2D eigenvalue weighted by atomic mass is 19.1. The number of pyridine rings is 2. The summed E-state index contributed by atoms with van der Waals surface area (Å²) in [5.74, 6) is -0.767. The van der Waals surface area contributed by atoms with Crippen molar-refractivity contribution in [2.24, 2.45) is 10.7 Å². The molecular formula is C28H28F2N6O. The summed E-state index contributed by atoms with van der Waals surface area (Å²) in [6, 6.07) is 15.7. The van der Waals surface area contributed by atoms with Crippen molar-refractivity contribution in [1.82, 2.24) is 19.3 Å². The molecular weight excluding hydrogens is 474 g/mol. The number of likely N-dealkylation sites (tertiary alicyclic amines) is 1. The monoisotopic (exact) mass is 502 g/mol. The minimum Gasteiger partial charge on any atom is -0.397 e. The third-order valence-corrected chi connectivity index (χ3v) is 6.15. The van der Waals surface area contributed by atoms with Crippen molar-refractivity contribution in [3.8, 4) is 11.3 Å². The fourth-order valence-corrected chi connectivity index (χ4v) is 4.12. The standard InChI is InChI=1S/C14H19FN4.C14H9FN2O/c1-19-8-2-3-12(19)10-17-7-6-13(16)14-5-4-11(15)9-18-14;15-11-6-7-13-16-14(10-4-2-1-3-5-10)12(9-18)17(13)8-11/h4-7,9,12H,2-3,8,10,16H2,1H3;1-9H/b13-6-,17-7?;/t12-;/m0./s1. The molecule has 4 aromatic rings. The molecule has 1 aromatic carbocycles. The third-order valence-electron chi connectivity index (χ3n) is 6.15. The van der Waals surface area contributed by atoms with Crippen molar-refractivity contribution in [1.29, 1.82) is 0 Å². The van der Waals surface area contributed by atoms with E-state index in [1.165, 1.54) is 35.6 Å². The van der Waals surface area contributed by atoms with Gasteiger partial charge in [-0.05, 0) is 56.8 Å². The third kappa shape index (κ3) is 6.50. The number of halogens is 2. The van der Waals surface area contributed by atoms with Crippen LogP contribution in [0.2, 0.25) is 0 Å². The van der Waals surface area contributed by atoms with Gasteiger partial charge in [0.15, 0.2) is 6.29 Å². The first-order valence-corrected chi connectivity index (χ1v) is 11.9. The summed E-state index contributed by atoms with van der Waals surface area (Å²) in [5.41, 5.74) is 9.20. The fraction of sp³-hybridized carbons (Fsp3) is 0.214. The van der Waals surface area contributed by atoms with Crippen LogP contribution in [0.25, 0.3) is 22.6 Å². The number of nitrogens with zero attached hydrogens (tertiary/aromatic N) is 5. The SMILES string of the molecule is CN1CCC[C@H]1CN=C/C=C(\N)c1ccc(F)cn1.O=Cc1c(-c2ccccc2)nc2ccc(F)cn12. The Bertz CT molecular complexity index is 1400. The lowest BCUT2D eigenvalue weighted by Gasteiger charge is -2.16. The summed E-state index contributed by atoms with van der Waals surface area (Å²) in [4.78, 5) is 26.2. The molecule has 1 saturated heterocycles. The van der Waals surface area contributed by atoms with Crippen LogP contribution >= 0.6 is 0 Å². The number of carbonyl (C=O) groups excluding carboxylic acids is 1. The van der Waals surface area contributed by atoms with E-state index in [1.807, 2.05) is 30.3 Å². The van der Waals surface area contributed by atoms with Gasteiger partial charge >= 0.3 is 0 Å². The van der Waals surface area contributed by atoms with Gasteiger partial charge in [0.1, 0.15) is 28.7 Å². The zero-order valence-corrected chi connectivity index (χ0v) is 20.5. The van der Waals surface area contributed by atoms with Gasteiger partial charge in [0, 0.05) is 24.0 Å². The Kier molecular flexibility index (Phi) is 8.48. The van der Waals surface area contributed by atoms with Crippen LogP contribution < -0.4 is 5.73 Å². The molecule has 1 fully saturated rings. The number of benzene rings is 1. The Morgan fingerprint density at radius 2 is 1.92 bits per heavy atom. The van der Waals surface area contributed by atoms with Crippen LogP contribution in [0, 0.1) is 11.6 Å². The number of nitrogens with two attached hydrogens (primary N) is 1. The molecule has 0 radical (unpaired) electrons. The zero-order chi connectivity index (χ0) is 26.2. The first-order chi connectivity index (χ1) is 18.0. The lowest BCUT2D eigenvalue weighted by molar-refractivity contribution is 0.111. The molecule has 0 unspecified atom stereocenters. The van der Waals surface area contributed by atoms with Gasteiger partial charge in [-0.15, -0.1) is 0 Å². The molecule has 4 heterocycles. The van der Waals surface area contributed by atoms with Crippen LogP contribution in [0.15, 0.2) is 78.1 Å². The van der Waals surface area contributed by atoms with Gasteiger partial charge in [0.2, 0.25) is 0 Å². The number of fused-ring (bicyclic) bond motifs is 1. The van der Waals surface area contributed by atoms with Crippen LogP contribution in [-0.4, -0.2) is 57.9 Å². The summed E-state index contributed by atoms with van der Waals surface area (Å²) >= 11 is 0. The Hall–Kier alpha value is -4.24. The van der Waals surface area contributed by atoms with Crippen molar-refractivity contribution in [2.75, 3.05) is 20.1 Å². The van der Waals surface area contributed by atoms with E-state index in [2.05, 4.69) is 26.9 Å². The Balaban J connectivity index is 0.000000173. The van der Waals surface area contributed by atoms with Gasteiger partial charge < -0.3 is 10.6 Å². The quantitative estimate of drug-likeness (QED) is 0.307. The first-order valence-electron chi connectivity index (χ1n) is 11.9. The van der Waals surface area contributed by atoms with E-state index >= 15 is 0 Å². The number of aromatic nitrogens is 3. The molecule has 9 heteroatoms. The van der Waals surface area contributed by atoms with Crippen LogP contribution in [0.3, 0.4) is 0 Å². The van der Waals surface area contributed by atoms with Crippen molar-refractivity contribution < 1.29 is 13.6 Å². The summed E-state index contributed by atoms with van der Waals surface area (Å²) in [6.07, 6.45) is 8.96. The van der Waals surface area contributed by atoms with Crippen molar-refractivity contribution in [2.45, 2.75) is 18.9 Å². The highest BCUT2D eigenvalue weighted by Crippen LogP contribution is 2.23. The maximum atomic E-state index is 13.2. The summed E-state index contributed by atoms with van der Waals surface area (Å²) in [7, 11) is 2.12. The van der Waals surface area contributed by atoms with Gasteiger partial charge in [0.05, 0.1) is 24.1 Å². The molecule has 2 N–H and O–H groups in total. The van der Waals surface area contributed by atoms with Gasteiger partial charge in [-0.2, -0.15) is 0 Å². The predicted octanol–water partition coefficient (Wildman–Crippen LogP) is 4.64. The normalized spacial score (nSPS) is 16.2. The number of hydrogen-bond donors (Lipinski definition) is 1. The molecule has 1 aliphatic heterocycles. The predicted molar refractivity (Wildman–Crippen MR) is 141 cm³/mol. The second-order valence-electron chi connectivity index (χ2n) is 8.68. The van der Waals surface area contributed by atoms with E-state index in [9.17, 15) is 13.6 Å². The molecule has 5 rings (SSSR count). The molecule has 0 bridgehead atoms. The number of hydrogen-bond acceptors (Lipinski definition) is 6. The number of likely N-dealkylation sites (N-methyl/N-ethyl adjacent to an activating group) is 1. The van der Waals surface area contributed by atoms with E-state index in [0.29, 0.717) is 40.8 Å². The average Bonchev–Trinajstić information content (AvgIpc) is 3.50. The topological polar surface area (TPSA) is 88.9 Å². The minimum atomic E-state index is -0.400. The van der Waals surface area contributed by atoms with E-state index < -0.39 is 5.82 Å². The van der Waals surface area contributed by atoms with E-state index in [1.54, 1.807) is 24.4 Å². The van der Waals surface area contributed by atoms with Crippen LogP contribution in [0.1, 0.15) is 29.0 Å². The average molecular weight is 503 g/mol. The van der Waals surface area contributed by atoms with Crippen LogP contribution in [0.4, 0.5) is 8.78 Å². The largest absolute Gasteiger partial charge is 0.397 e. The van der Waals surface area contributed by atoms with Crippen molar-refractivity contribution in [3.63, 3.8) is 0 Å². The van der Waals surface area contributed by atoms with Crippen molar-refractivity contribution in [3.05, 3.63) is 96.1 Å². The van der Waals surface area contributed by atoms with Crippen LogP contribution in [-0.2, 0) is 0 Å². The second kappa shape index (κ2) is 12.1. The second-order valence-corrected chi connectivity index (χ2v) is 8.68. The van der Waals surface area contributed by atoms with Gasteiger partial charge in [-0.25, -0.2) is 13.8 Å². The fourth-order valence-electron chi connectivity index (χ4n) is 4.12. The molecule has 0 amide bonds. The maximum absolute atomic E-state index is 13.2. The molecule has 0 spiro atoms. The lowest BCUT2D eigenvalue weighted by atomic mass is 10.1. The number of rotatable bonds is 6. The first kappa shape index (κ1) is 25.8. The number of allylic oxidation sites excluding steroid dienone is 1. The van der Waals surface area contributed by atoms with E-state index in [0.717, 1.165) is 24.8 Å². The Morgan fingerprint density at radius 1 is 1.14 bits per heavy atom. The number of aliphatic imine (C=N–C) groups is 1. The molecule has 0 aliphatic carbocycles. The molecule has 1 atom stereocenters. The van der Waals surface area contributed by atoms with Gasteiger partial charge in [-0.3, -0.25) is 19.2 Å². The number of imidazole rings is 1. The van der Waals surface area contributed by atoms with Crippen LogP contribution in [0.5, 0.6) is 0 Å². The molecule has 190 valence electrons. The van der Waals surface area contributed by atoms with Gasteiger partial charge in [0.25, 0.3) is 0 Å². The molecule has 7 nitrogen and oxygen atoms in total. The number of carbonyl (C=O) groups is 1. The number of aldehydes is 1. The summed E-state index contributed by atoms with van der Waals surface area (Å²) < 4.78 is 27.4. The van der Waals surface area contributed by atoms with E-state index in [4.69, 9.17) is 5.73 Å². The highest BCUT2D eigenvalue weighted by Gasteiger charge is 2.19. The Morgan fingerprint density at radius 3 is 2.59 bits per heavy atom. The smallest absolute Gasteiger partial charge is 0.169 e. The highest BCUT2D eigenvalue weighted by molar-refractivity contribution is 5.86.